The van der Waals surface area contributed by atoms with Gasteiger partial charge < -0.3 is 9.47 Å². The van der Waals surface area contributed by atoms with Gasteiger partial charge in [0, 0.05) is 12.8 Å². The van der Waals surface area contributed by atoms with Crippen LogP contribution in [0.1, 0.15) is 149 Å². The van der Waals surface area contributed by atoms with Gasteiger partial charge in [-0.15, -0.1) is 0 Å². The van der Waals surface area contributed by atoms with E-state index in [1.54, 1.807) is 0 Å². The number of hydrogen-bond acceptors (Lipinski definition) is 4. The van der Waals surface area contributed by atoms with Gasteiger partial charge in [-0.1, -0.05) is 104 Å². The van der Waals surface area contributed by atoms with Crippen LogP contribution in [0.3, 0.4) is 0 Å². The second-order valence-electron chi connectivity index (χ2n) is 9.01. The number of unbranched alkanes of at least 4 members (excludes halogenated alkanes) is 12. The minimum Gasteiger partial charge on any atom is -0.466 e. The maximum absolute atomic E-state index is 12.0. The van der Waals surface area contributed by atoms with Gasteiger partial charge in [0.15, 0.2) is 0 Å². The first-order valence-electron chi connectivity index (χ1n) is 13.5. The van der Waals surface area contributed by atoms with E-state index in [1.807, 2.05) is 0 Å². The zero-order valence-corrected chi connectivity index (χ0v) is 21.1. The van der Waals surface area contributed by atoms with Gasteiger partial charge in [-0.3, -0.25) is 9.59 Å². The van der Waals surface area contributed by atoms with Crippen molar-refractivity contribution in [1.29, 1.82) is 0 Å². The molecule has 0 spiro atoms. The highest BCUT2D eigenvalue weighted by atomic mass is 16.5. The van der Waals surface area contributed by atoms with Crippen LogP contribution in [0, 0.1) is 0 Å². The fourth-order valence-electron chi connectivity index (χ4n) is 3.82. The van der Waals surface area contributed by atoms with Crippen molar-refractivity contribution in [2.45, 2.75) is 155 Å². The van der Waals surface area contributed by atoms with Crippen LogP contribution in [0.15, 0.2) is 0 Å². The lowest BCUT2D eigenvalue weighted by molar-refractivity contribution is -0.150. The predicted octanol–water partition coefficient (Wildman–Crippen LogP) is 8.30. The lowest BCUT2D eigenvalue weighted by Gasteiger charge is -2.17. The first-order chi connectivity index (χ1) is 15.1. The summed E-state index contributed by atoms with van der Waals surface area (Å²) in [6.07, 6.45) is 21.4. The van der Waals surface area contributed by atoms with Crippen molar-refractivity contribution in [1.82, 2.24) is 0 Å². The van der Waals surface area contributed by atoms with Crippen molar-refractivity contribution in [3.05, 3.63) is 0 Å². The smallest absolute Gasteiger partial charge is 0.306 e. The van der Waals surface area contributed by atoms with Gasteiger partial charge >= 0.3 is 11.9 Å². The Labute approximate surface area is 193 Å². The highest BCUT2D eigenvalue weighted by Crippen LogP contribution is 2.14. The van der Waals surface area contributed by atoms with Crippen molar-refractivity contribution < 1.29 is 19.1 Å². The van der Waals surface area contributed by atoms with Crippen LogP contribution in [-0.4, -0.2) is 24.6 Å². The van der Waals surface area contributed by atoms with Gasteiger partial charge in [-0.25, -0.2) is 0 Å². The summed E-state index contributed by atoms with van der Waals surface area (Å²) in [6, 6.07) is 0. The van der Waals surface area contributed by atoms with Gasteiger partial charge in [-0.05, 0) is 32.1 Å². The van der Waals surface area contributed by atoms with E-state index < -0.39 is 0 Å². The minimum atomic E-state index is -0.0431. The molecule has 1 atom stereocenters. The van der Waals surface area contributed by atoms with Crippen molar-refractivity contribution in [2.75, 3.05) is 6.61 Å². The molecule has 1 unspecified atom stereocenters. The second kappa shape index (κ2) is 23.6. The lowest BCUT2D eigenvalue weighted by atomic mass is 10.1. The summed E-state index contributed by atoms with van der Waals surface area (Å²) in [7, 11) is 0. The van der Waals surface area contributed by atoms with E-state index in [0.717, 1.165) is 77.0 Å². The molecule has 184 valence electrons. The van der Waals surface area contributed by atoms with Crippen LogP contribution >= 0.6 is 0 Å². The topological polar surface area (TPSA) is 52.6 Å². The average Bonchev–Trinajstić information content (AvgIpc) is 2.75. The fraction of sp³-hybridized carbons (Fsp3) is 0.926. The molecule has 31 heavy (non-hydrogen) atoms. The van der Waals surface area contributed by atoms with E-state index in [0.29, 0.717) is 19.4 Å². The average molecular weight is 441 g/mol. The largest absolute Gasteiger partial charge is 0.466 e. The van der Waals surface area contributed by atoms with Crippen molar-refractivity contribution >= 4 is 11.9 Å². The maximum atomic E-state index is 12.0. The Morgan fingerprint density at radius 2 is 1.06 bits per heavy atom. The molecule has 4 nitrogen and oxygen atoms in total. The van der Waals surface area contributed by atoms with E-state index in [-0.39, 0.29) is 18.0 Å². The van der Waals surface area contributed by atoms with Gasteiger partial charge in [0.25, 0.3) is 0 Å². The molecule has 0 bridgehead atoms. The van der Waals surface area contributed by atoms with E-state index in [2.05, 4.69) is 20.8 Å². The molecule has 0 aliphatic rings. The zero-order chi connectivity index (χ0) is 23.0. The van der Waals surface area contributed by atoms with Crippen LogP contribution in [0.2, 0.25) is 0 Å². The molecule has 0 fully saturated rings. The molecule has 0 saturated carbocycles. The van der Waals surface area contributed by atoms with Crippen LogP contribution in [0.4, 0.5) is 0 Å². The zero-order valence-electron chi connectivity index (χ0n) is 21.1. The molecule has 0 aromatic rings. The SMILES string of the molecule is CCCCCCCCCOC(=O)CCCCCCCCC(=O)OC(CCC)CCCC. The van der Waals surface area contributed by atoms with Crippen LogP contribution in [-0.2, 0) is 19.1 Å². The van der Waals surface area contributed by atoms with Crippen LogP contribution in [0.5, 0.6) is 0 Å². The monoisotopic (exact) mass is 440 g/mol. The third-order valence-corrected chi connectivity index (χ3v) is 5.81. The van der Waals surface area contributed by atoms with E-state index in [4.69, 9.17) is 9.47 Å². The Kier molecular flexibility index (Phi) is 22.8. The molecule has 0 heterocycles. The highest BCUT2D eigenvalue weighted by Gasteiger charge is 2.12. The van der Waals surface area contributed by atoms with E-state index in [1.165, 1.54) is 38.5 Å². The van der Waals surface area contributed by atoms with E-state index >= 15 is 0 Å². The summed E-state index contributed by atoms with van der Waals surface area (Å²) in [5, 5.41) is 0. The quantitative estimate of drug-likeness (QED) is 0.118. The molecule has 0 amide bonds. The Balaban J connectivity index is 3.46. The molecule has 0 aromatic heterocycles. The molecular weight excluding hydrogens is 388 g/mol. The van der Waals surface area contributed by atoms with Crippen molar-refractivity contribution in [3.8, 4) is 0 Å². The molecule has 4 heteroatoms. The molecule has 0 aromatic carbocycles. The summed E-state index contributed by atoms with van der Waals surface area (Å²) in [6.45, 7) is 7.13. The molecule has 0 aliphatic carbocycles. The number of hydrogen-bond donors (Lipinski definition) is 0. The minimum absolute atomic E-state index is 0.0294. The van der Waals surface area contributed by atoms with Crippen molar-refractivity contribution in [2.24, 2.45) is 0 Å². The van der Waals surface area contributed by atoms with Crippen LogP contribution in [0.25, 0.3) is 0 Å². The molecule has 0 N–H and O–H groups in total. The molecule has 0 saturated heterocycles. The highest BCUT2D eigenvalue weighted by molar-refractivity contribution is 5.69. The van der Waals surface area contributed by atoms with Gasteiger partial charge in [-0.2, -0.15) is 0 Å². The molecule has 0 radical (unpaired) electrons. The van der Waals surface area contributed by atoms with Crippen molar-refractivity contribution in [3.63, 3.8) is 0 Å². The maximum Gasteiger partial charge on any atom is 0.306 e. The molecular formula is C27H52O4. The van der Waals surface area contributed by atoms with Crippen LogP contribution < -0.4 is 0 Å². The number of carbonyl (C=O) groups is 2. The number of rotatable bonds is 23. The Morgan fingerprint density at radius 3 is 1.65 bits per heavy atom. The summed E-state index contributed by atoms with van der Waals surface area (Å²) >= 11 is 0. The Hall–Kier alpha value is -1.06. The predicted molar refractivity (Wildman–Crippen MR) is 130 cm³/mol. The summed E-state index contributed by atoms with van der Waals surface area (Å²) in [5.41, 5.74) is 0. The van der Waals surface area contributed by atoms with E-state index in [9.17, 15) is 9.59 Å². The second-order valence-corrected chi connectivity index (χ2v) is 9.01. The summed E-state index contributed by atoms with van der Waals surface area (Å²) in [4.78, 5) is 23.8. The van der Waals surface area contributed by atoms with Gasteiger partial charge in [0.1, 0.15) is 6.10 Å². The third-order valence-electron chi connectivity index (χ3n) is 5.81. The summed E-state index contributed by atoms with van der Waals surface area (Å²) < 4.78 is 11.0. The number of ether oxygens (including phenoxy) is 2. The van der Waals surface area contributed by atoms with Gasteiger partial charge in [0.05, 0.1) is 6.61 Å². The first-order valence-corrected chi connectivity index (χ1v) is 13.5. The molecule has 0 aliphatic heterocycles. The molecule has 0 rings (SSSR count). The number of carbonyl (C=O) groups excluding carboxylic acids is 2. The Morgan fingerprint density at radius 1 is 0.548 bits per heavy atom. The first kappa shape index (κ1) is 29.9. The normalized spacial score (nSPS) is 12.0. The lowest BCUT2D eigenvalue weighted by Crippen LogP contribution is -2.18. The van der Waals surface area contributed by atoms with Gasteiger partial charge in [0.2, 0.25) is 0 Å². The Bertz CT molecular complexity index is 408. The third kappa shape index (κ3) is 21.9. The fourth-order valence-corrected chi connectivity index (χ4v) is 3.82. The standard InChI is InChI=1S/C27H52O4/c1-4-7-9-10-13-16-19-24-30-26(28)22-17-14-11-12-15-18-23-27(29)31-25(20-6-3)21-8-5-2/h25H,4-24H2,1-3H3. The summed E-state index contributed by atoms with van der Waals surface area (Å²) in [5.74, 6) is -0.0725. The number of esters is 2.